The lowest BCUT2D eigenvalue weighted by Crippen LogP contribution is -2.20. The molecule has 2 aromatic carbocycles. The van der Waals surface area contributed by atoms with Gasteiger partial charge in [-0.05, 0) is 62.0 Å². The summed E-state index contributed by atoms with van der Waals surface area (Å²) in [5.74, 6) is -0.768. The van der Waals surface area contributed by atoms with Gasteiger partial charge in [-0.1, -0.05) is 30.3 Å². The Kier molecular flexibility index (Phi) is 8.35. The molecule has 0 fully saturated rings. The Morgan fingerprint density at radius 3 is 2.22 bits per heavy atom. The van der Waals surface area contributed by atoms with Crippen LogP contribution >= 0.6 is 23.6 Å². The van der Waals surface area contributed by atoms with E-state index in [0.717, 1.165) is 10.4 Å². The number of ether oxygens (including phenoxy) is 2. The number of carbonyl (C=O) groups is 2. The van der Waals surface area contributed by atoms with E-state index < -0.39 is 5.97 Å². The number of anilines is 2. The number of hydrogen-bond acceptors (Lipinski definition) is 6. The average Bonchev–Trinajstić information content (AvgIpc) is 3.17. The summed E-state index contributed by atoms with van der Waals surface area (Å²) in [7, 11) is 0. The molecule has 0 saturated heterocycles. The lowest BCUT2D eigenvalue weighted by molar-refractivity contribution is 0.0517. The van der Waals surface area contributed by atoms with E-state index in [1.54, 1.807) is 38.1 Å². The van der Waals surface area contributed by atoms with Gasteiger partial charge in [-0.2, -0.15) is 0 Å². The van der Waals surface area contributed by atoms with Gasteiger partial charge in [0, 0.05) is 17.0 Å². The molecule has 1 heterocycles. The molecule has 0 saturated carbocycles. The number of hydrogen-bond donors (Lipinski definition) is 2. The van der Waals surface area contributed by atoms with Gasteiger partial charge >= 0.3 is 11.9 Å². The number of thiocarbonyl (C=S) groups is 1. The summed E-state index contributed by atoms with van der Waals surface area (Å²) in [5.41, 5.74) is 2.77. The summed E-state index contributed by atoms with van der Waals surface area (Å²) >= 11 is 6.89. The van der Waals surface area contributed by atoms with Gasteiger partial charge in [-0.3, -0.25) is 0 Å². The van der Waals surface area contributed by atoms with Crippen LogP contribution in [0.1, 0.15) is 45.0 Å². The number of thiophene rings is 1. The number of esters is 2. The first-order chi connectivity index (χ1) is 15.5. The second kappa shape index (κ2) is 11.4. The normalized spacial score (nSPS) is 10.3. The molecule has 166 valence electrons. The van der Waals surface area contributed by atoms with Gasteiger partial charge in [-0.15, -0.1) is 11.3 Å². The lowest BCUT2D eigenvalue weighted by Gasteiger charge is -2.11. The highest BCUT2D eigenvalue weighted by Gasteiger charge is 2.18. The van der Waals surface area contributed by atoms with Crippen LogP contribution in [-0.2, 0) is 15.9 Å². The molecule has 0 aliphatic heterocycles. The maximum atomic E-state index is 12.5. The quantitative estimate of drug-likeness (QED) is 0.334. The SMILES string of the molecule is CCOC(=O)c1ccc(NC(=S)Nc2sc(Cc3ccccc3)cc2C(=O)OCC)cc1. The van der Waals surface area contributed by atoms with E-state index in [1.165, 1.54) is 11.3 Å². The van der Waals surface area contributed by atoms with Crippen LogP contribution in [0.25, 0.3) is 0 Å². The van der Waals surface area contributed by atoms with Crippen LogP contribution in [0.2, 0.25) is 0 Å². The molecule has 32 heavy (non-hydrogen) atoms. The van der Waals surface area contributed by atoms with Gasteiger partial charge in [0.25, 0.3) is 0 Å². The molecule has 8 heteroatoms. The summed E-state index contributed by atoms with van der Waals surface area (Å²) in [6.07, 6.45) is 0.703. The highest BCUT2D eigenvalue weighted by atomic mass is 32.1. The molecular formula is C24H24N2O4S2. The van der Waals surface area contributed by atoms with Crippen molar-refractivity contribution in [3.05, 3.63) is 82.2 Å². The Hall–Kier alpha value is -3.23. The maximum absolute atomic E-state index is 12.5. The number of rotatable bonds is 8. The van der Waals surface area contributed by atoms with Crippen LogP contribution in [0.5, 0.6) is 0 Å². The molecule has 0 bridgehead atoms. The molecule has 0 amide bonds. The summed E-state index contributed by atoms with van der Waals surface area (Å²) in [6.45, 7) is 4.15. The van der Waals surface area contributed by atoms with Crippen LogP contribution in [-0.4, -0.2) is 30.3 Å². The Balaban J connectivity index is 1.72. The van der Waals surface area contributed by atoms with E-state index in [1.807, 2.05) is 36.4 Å². The predicted molar refractivity (Wildman–Crippen MR) is 132 cm³/mol. The van der Waals surface area contributed by atoms with Crippen molar-refractivity contribution < 1.29 is 19.1 Å². The summed E-state index contributed by atoms with van der Waals surface area (Å²) in [5, 5.41) is 7.12. The first-order valence-electron chi connectivity index (χ1n) is 10.2. The van der Waals surface area contributed by atoms with Gasteiger partial charge < -0.3 is 20.1 Å². The van der Waals surface area contributed by atoms with Crippen molar-refractivity contribution >= 4 is 51.3 Å². The first-order valence-corrected chi connectivity index (χ1v) is 11.4. The number of nitrogens with one attached hydrogen (secondary N) is 2. The van der Waals surface area contributed by atoms with E-state index >= 15 is 0 Å². The molecule has 1 aromatic heterocycles. The highest BCUT2D eigenvalue weighted by Crippen LogP contribution is 2.31. The fourth-order valence-corrected chi connectivity index (χ4v) is 4.32. The van der Waals surface area contributed by atoms with E-state index in [4.69, 9.17) is 21.7 Å². The Labute approximate surface area is 196 Å². The molecular weight excluding hydrogens is 444 g/mol. The Bertz CT molecular complexity index is 1080. The second-order valence-corrected chi connectivity index (χ2v) is 8.26. The van der Waals surface area contributed by atoms with Crippen molar-refractivity contribution in [3.63, 3.8) is 0 Å². The van der Waals surface area contributed by atoms with Gasteiger partial charge in [-0.25, -0.2) is 9.59 Å². The number of carbonyl (C=O) groups excluding carboxylic acids is 2. The third-order valence-electron chi connectivity index (χ3n) is 4.38. The average molecular weight is 469 g/mol. The summed E-state index contributed by atoms with van der Waals surface area (Å²) in [6, 6.07) is 18.7. The third-order valence-corrected chi connectivity index (χ3v) is 5.64. The largest absolute Gasteiger partial charge is 0.462 e. The van der Waals surface area contributed by atoms with Crippen molar-refractivity contribution in [2.75, 3.05) is 23.8 Å². The minimum absolute atomic E-state index is 0.289. The predicted octanol–water partition coefficient (Wildman–Crippen LogP) is 5.50. The van der Waals surface area contributed by atoms with Crippen molar-refractivity contribution in [1.82, 2.24) is 0 Å². The standard InChI is InChI=1S/C24H24N2O4S2/c1-3-29-22(27)17-10-12-18(13-11-17)25-24(31)26-21-20(23(28)30-4-2)15-19(32-21)14-16-8-6-5-7-9-16/h5-13,15H,3-4,14H2,1-2H3,(H2,25,26,31). The van der Waals surface area contributed by atoms with Crippen molar-refractivity contribution in [2.45, 2.75) is 20.3 Å². The van der Waals surface area contributed by atoms with Crippen molar-refractivity contribution in [3.8, 4) is 0 Å². The molecule has 0 aliphatic carbocycles. The molecule has 3 rings (SSSR count). The molecule has 6 nitrogen and oxygen atoms in total. The molecule has 0 unspecified atom stereocenters. The second-order valence-electron chi connectivity index (χ2n) is 6.72. The van der Waals surface area contributed by atoms with E-state index in [9.17, 15) is 9.59 Å². The van der Waals surface area contributed by atoms with Crippen LogP contribution in [0.4, 0.5) is 10.7 Å². The fraction of sp³-hybridized carbons (Fsp3) is 0.208. The molecule has 0 spiro atoms. The third kappa shape index (κ3) is 6.38. The zero-order valence-corrected chi connectivity index (χ0v) is 19.5. The monoisotopic (exact) mass is 468 g/mol. The van der Waals surface area contributed by atoms with Crippen molar-refractivity contribution in [2.24, 2.45) is 0 Å². The highest BCUT2D eigenvalue weighted by molar-refractivity contribution is 7.80. The molecule has 3 aromatic rings. The minimum Gasteiger partial charge on any atom is -0.462 e. The van der Waals surface area contributed by atoms with E-state index in [0.29, 0.717) is 40.0 Å². The van der Waals surface area contributed by atoms with Crippen LogP contribution in [0.3, 0.4) is 0 Å². The Morgan fingerprint density at radius 1 is 0.906 bits per heavy atom. The zero-order valence-electron chi connectivity index (χ0n) is 17.8. The minimum atomic E-state index is -0.396. The van der Waals surface area contributed by atoms with Crippen LogP contribution in [0.15, 0.2) is 60.7 Å². The topological polar surface area (TPSA) is 76.7 Å². The smallest absolute Gasteiger partial charge is 0.341 e. The van der Waals surface area contributed by atoms with Gasteiger partial charge in [0.1, 0.15) is 5.00 Å². The maximum Gasteiger partial charge on any atom is 0.341 e. The Morgan fingerprint density at radius 2 is 1.56 bits per heavy atom. The lowest BCUT2D eigenvalue weighted by atomic mass is 10.1. The summed E-state index contributed by atoms with van der Waals surface area (Å²) < 4.78 is 10.2. The molecule has 0 aliphatic rings. The zero-order chi connectivity index (χ0) is 22.9. The van der Waals surface area contributed by atoms with E-state index in [-0.39, 0.29) is 12.6 Å². The number of benzene rings is 2. The fourth-order valence-electron chi connectivity index (χ4n) is 2.95. The van der Waals surface area contributed by atoms with Crippen molar-refractivity contribution in [1.29, 1.82) is 0 Å². The van der Waals surface area contributed by atoms with E-state index in [2.05, 4.69) is 10.6 Å². The summed E-state index contributed by atoms with van der Waals surface area (Å²) in [4.78, 5) is 25.3. The molecule has 2 N–H and O–H groups in total. The molecule has 0 atom stereocenters. The first kappa shape index (κ1) is 23.4. The van der Waals surface area contributed by atoms with Crippen LogP contribution < -0.4 is 10.6 Å². The molecule has 0 radical (unpaired) electrons. The van der Waals surface area contributed by atoms with Crippen LogP contribution in [0, 0.1) is 0 Å². The van der Waals surface area contributed by atoms with Gasteiger partial charge in [0.05, 0.1) is 24.3 Å². The van der Waals surface area contributed by atoms with Gasteiger partial charge in [0.2, 0.25) is 0 Å². The van der Waals surface area contributed by atoms with Gasteiger partial charge in [0.15, 0.2) is 5.11 Å².